The van der Waals surface area contributed by atoms with Gasteiger partial charge in [0.05, 0.1) is 75.7 Å². The van der Waals surface area contributed by atoms with Crippen LogP contribution in [0.4, 0.5) is 0 Å². The summed E-state index contributed by atoms with van der Waals surface area (Å²) in [4.78, 5) is 14.3. The van der Waals surface area contributed by atoms with Crippen molar-refractivity contribution in [1.82, 2.24) is 24.1 Å². The first-order chi connectivity index (χ1) is 52.3. The molecule has 0 amide bonds. The minimum absolute atomic E-state index is 0.00953. The average molecular weight is 1020 g/mol. The zero-order valence-electron chi connectivity index (χ0n) is 73.4. The number of para-hydroxylation sites is 7. The normalized spacial score (nSPS) is 18.4. The van der Waals surface area contributed by atoms with Gasteiger partial charge in [-0.25, -0.2) is 4.98 Å². The highest BCUT2D eigenvalue weighted by molar-refractivity contribution is 7.20. The van der Waals surface area contributed by atoms with Gasteiger partial charge in [0, 0.05) is 49.0 Å². The number of fused-ring (bicyclic) bond motifs is 9. The van der Waals surface area contributed by atoms with Crippen LogP contribution in [0.25, 0.3) is 111 Å². The van der Waals surface area contributed by atoms with E-state index in [0.29, 0.717) is 9.13 Å². The second-order valence-electron chi connectivity index (χ2n) is 16.8. The molecular weight excluding hydrogens is 943 g/mol. The Kier molecular flexibility index (Phi) is 4.90. The van der Waals surface area contributed by atoms with Crippen molar-refractivity contribution in [1.29, 1.82) is 0 Å². The molecule has 4 heterocycles. The summed E-state index contributed by atoms with van der Waals surface area (Å²) in [6.07, 6.45) is 0. The Morgan fingerprint density at radius 3 is 1.43 bits per heavy atom. The molecule has 356 valence electrons. The SMILES string of the molecule is [2H]c1c([2H])c([2H])c(-n2c3c([2H])c([2H])c([2H])c([2H])c3c3c([2H])c([2H])c([2H])c([2H])c32)c(-c2nc(-c3c([2H])c([2H])c([2H])c([Si](c4ccccc4)(c4ccccc4)c4c([2H])c([2H])c([2H])c(-c5c([2H])c([2H])c([2H])c6c5oc5c([2H])c([2H])c([2H])c([2H])c56)c4[2H])c3[2H])nc(-n3c4c([2H])c([2H])c([2H])c([2H])c4c4c([2H])c([2H])c([2H])c([2H])c43)n2)c1[2H]. The molecule has 0 aliphatic carbocycles. The summed E-state index contributed by atoms with van der Waals surface area (Å²) in [5.41, 5.74) is -8.47. The maximum absolute atomic E-state index is 11.0. The predicted octanol–water partition coefficient (Wildman–Crippen LogP) is 14.3. The standard InChI is InChI=1S/C69H45N5OSi/c1-3-24-48(25-4-1)76(49-26-5-2-6-27-49,50-28-19-22-46(44-50)52-36-21-37-58-57-34-12-18-43-65(57)75-66(52)58)51-29-20-23-47(45-51)67-70-68(72-69(71-67)74-62-40-15-9-32-55(62)56-33-10-16-41-63(56)74)59-35-11-17-42-64(59)73-60-38-13-7-30-53(60)54-31-8-14-39-61(54)73/h1-45H/i7D,8D,9D,10D,11D,12D,13D,14D,15D,16D,17D,18D,19D,20D,21D,22D,23D,28D,29D,30D,31D,32D,33D,34D,35D,36D,37D,38D,39D,40D,41D,42D,43D,44D,45D. The van der Waals surface area contributed by atoms with Crippen molar-refractivity contribution in [2.75, 3.05) is 0 Å². The molecule has 0 aliphatic heterocycles. The van der Waals surface area contributed by atoms with Crippen LogP contribution in [-0.4, -0.2) is 32.2 Å². The summed E-state index contributed by atoms with van der Waals surface area (Å²) >= 11 is 0. The van der Waals surface area contributed by atoms with Crippen LogP contribution in [0.5, 0.6) is 0 Å². The monoisotopic (exact) mass is 1020 g/mol. The van der Waals surface area contributed by atoms with Gasteiger partial charge in [-0.2, -0.15) is 9.97 Å². The van der Waals surface area contributed by atoms with Crippen molar-refractivity contribution in [3.8, 4) is 45.5 Å². The first-order valence-electron chi connectivity index (χ1n) is 40.4. The zero-order valence-corrected chi connectivity index (χ0v) is 39.4. The smallest absolute Gasteiger partial charge is 0.238 e. The lowest BCUT2D eigenvalue weighted by molar-refractivity contribution is 0.670. The number of rotatable bonds is 9. The molecule has 0 spiro atoms. The fourth-order valence-corrected chi connectivity index (χ4v) is 13.9. The molecule has 6 nitrogen and oxygen atoms in total. The van der Waals surface area contributed by atoms with Gasteiger partial charge in [-0.05, 0) is 68.6 Å². The molecule has 15 aromatic rings. The van der Waals surface area contributed by atoms with E-state index in [0.717, 1.165) is 0 Å². The van der Waals surface area contributed by atoms with E-state index in [-0.39, 0.29) is 10.4 Å². The molecule has 4 aromatic heterocycles. The molecule has 0 saturated heterocycles. The van der Waals surface area contributed by atoms with E-state index in [2.05, 4.69) is 0 Å². The highest BCUT2D eigenvalue weighted by Gasteiger charge is 2.42. The molecule has 11 aromatic carbocycles. The summed E-state index contributed by atoms with van der Waals surface area (Å²) in [6.45, 7) is 0. The Morgan fingerprint density at radius 1 is 0.355 bits per heavy atom. The van der Waals surface area contributed by atoms with Crippen molar-refractivity contribution in [2.24, 2.45) is 0 Å². The van der Waals surface area contributed by atoms with Crippen LogP contribution in [-0.2, 0) is 0 Å². The Labute approximate surface area is 488 Å². The highest BCUT2D eigenvalue weighted by Crippen LogP contribution is 2.39. The predicted molar refractivity (Wildman–Crippen MR) is 316 cm³/mol. The first kappa shape index (κ1) is 21.1. The van der Waals surface area contributed by atoms with Gasteiger partial charge < -0.3 is 8.98 Å². The van der Waals surface area contributed by atoms with Crippen LogP contribution >= 0.6 is 0 Å². The summed E-state index contributed by atoms with van der Waals surface area (Å²) in [5, 5.41) is -4.56. The molecule has 7 heteroatoms. The van der Waals surface area contributed by atoms with E-state index in [1.54, 1.807) is 0 Å². The number of furan rings is 1. The Hall–Kier alpha value is -9.95. The number of hydrogen-bond acceptors (Lipinski definition) is 4. The van der Waals surface area contributed by atoms with E-state index in [4.69, 9.17) is 37.2 Å². The summed E-state index contributed by atoms with van der Waals surface area (Å²) in [5.74, 6) is -3.23. The van der Waals surface area contributed by atoms with Gasteiger partial charge in [0.2, 0.25) is 5.95 Å². The lowest BCUT2D eigenvalue weighted by atomic mass is 10.0. The minimum Gasteiger partial charge on any atom is -0.455 e. The van der Waals surface area contributed by atoms with Crippen molar-refractivity contribution in [3.63, 3.8) is 0 Å². The van der Waals surface area contributed by atoms with Gasteiger partial charge in [0.1, 0.15) is 11.2 Å². The van der Waals surface area contributed by atoms with Gasteiger partial charge in [-0.1, -0.05) is 230 Å². The van der Waals surface area contributed by atoms with Gasteiger partial charge in [-0.15, -0.1) is 0 Å². The lowest BCUT2D eigenvalue weighted by Crippen LogP contribution is -2.74. The second-order valence-corrected chi connectivity index (χ2v) is 20.5. The fraction of sp³-hybridized carbons (Fsp3) is 0. The van der Waals surface area contributed by atoms with Gasteiger partial charge in [-0.3, -0.25) is 4.57 Å². The van der Waals surface area contributed by atoms with Crippen LogP contribution in [0.2, 0.25) is 0 Å². The van der Waals surface area contributed by atoms with E-state index in [9.17, 15) is 30.2 Å². The maximum atomic E-state index is 11.0. The Bertz CT molecular complexity index is 6650. The zero-order chi connectivity index (χ0) is 80.6. The summed E-state index contributed by atoms with van der Waals surface area (Å²) in [6, 6.07) is -18.8. The van der Waals surface area contributed by atoms with Crippen molar-refractivity contribution >= 4 is 94.4 Å². The molecule has 0 aliphatic rings. The first-order valence-corrected chi connectivity index (χ1v) is 24.9. The summed E-state index contributed by atoms with van der Waals surface area (Å²) in [7, 11) is -5.44. The van der Waals surface area contributed by atoms with E-state index in [1.165, 1.54) is 60.7 Å². The highest BCUT2D eigenvalue weighted by atomic mass is 28.3. The number of benzene rings is 11. The van der Waals surface area contributed by atoms with Crippen LogP contribution < -0.4 is 20.7 Å². The number of hydrogen-bond donors (Lipinski definition) is 0. The third kappa shape index (κ3) is 6.76. The summed E-state index contributed by atoms with van der Waals surface area (Å²) < 4.78 is 337. The second kappa shape index (κ2) is 17.6. The Balaban J connectivity index is 1.17. The van der Waals surface area contributed by atoms with Gasteiger partial charge in [0.15, 0.2) is 19.7 Å². The molecule has 15 rings (SSSR count). The molecule has 0 saturated carbocycles. The fourth-order valence-electron chi connectivity index (χ4n) is 9.64. The average Bonchev–Trinajstić information content (AvgIpc) is 1.41. The third-order valence-corrected chi connectivity index (χ3v) is 17.2. The topological polar surface area (TPSA) is 61.7 Å². The van der Waals surface area contributed by atoms with E-state index >= 15 is 0 Å². The van der Waals surface area contributed by atoms with Crippen LogP contribution in [0.1, 0.15) is 48.0 Å². The molecule has 0 fully saturated rings. The third-order valence-electron chi connectivity index (χ3n) is 12.8. The molecule has 0 N–H and O–H groups in total. The van der Waals surface area contributed by atoms with Gasteiger partial charge in [0.25, 0.3) is 0 Å². The van der Waals surface area contributed by atoms with Crippen molar-refractivity contribution < 1.29 is 52.4 Å². The molecule has 0 bridgehead atoms. The Morgan fingerprint density at radius 2 is 0.816 bits per heavy atom. The number of aromatic nitrogens is 5. The largest absolute Gasteiger partial charge is 0.455 e. The minimum atomic E-state index is -5.44. The maximum Gasteiger partial charge on any atom is 0.238 e. The molecule has 76 heavy (non-hydrogen) atoms. The van der Waals surface area contributed by atoms with Crippen LogP contribution in [0.15, 0.2) is 277 Å². The van der Waals surface area contributed by atoms with Crippen LogP contribution in [0, 0.1) is 0 Å². The van der Waals surface area contributed by atoms with E-state index in [1.807, 2.05) is 0 Å². The molecule has 0 radical (unpaired) electrons. The lowest BCUT2D eigenvalue weighted by Gasteiger charge is -2.35. The number of nitrogens with zero attached hydrogens (tertiary/aromatic N) is 5. The molecule has 0 unspecified atom stereocenters. The van der Waals surface area contributed by atoms with Gasteiger partial charge >= 0.3 is 0 Å². The van der Waals surface area contributed by atoms with Crippen LogP contribution in [0.3, 0.4) is 0 Å². The van der Waals surface area contributed by atoms with Crippen molar-refractivity contribution in [3.05, 3.63) is 272 Å². The molecular formula is C69H45N5OSi. The van der Waals surface area contributed by atoms with E-state index < -0.39 is 341 Å². The quantitative estimate of drug-likeness (QED) is 0.107. The van der Waals surface area contributed by atoms with Crippen molar-refractivity contribution in [2.45, 2.75) is 0 Å². The molecule has 0 atom stereocenters.